The van der Waals surface area contributed by atoms with Crippen molar-refractivity contribution in [2.24, 2.45) is 17.8 Å². The highest BCUT2D eigenvalue weighted by Gasteiger charge is 2.36. The standard InChI is InChI=1S/C24H41NO9/c1-4-18(23(30)34-13-12-32-3)15-20(25-9-7-8-21(25)27)16-19(14-17(2)22(28)29)24(31)33-11-6-5-10-26/h17-20,26H,4-16H2,1-3H3,(H,28,29). The van der Waals surface area contributed by atoms with Crippen LogP contribution in [0.3, 0.4) is 0 Å². The number of esters is 2. The number of amides is 1. The number of hydrogen-bond donors (Lipinski definition) is 2. The lowest BCUT2D eigenvalue weighted by molar-refractivity contribution is -0.153. The number of aliphatic hydroxyl groups excluding tert-OH is 1. The third-order valence-corrected chi connectivity index (χ3v) is 6.21. The fraction of sp³-hybridized carbons (Fsp3) is 0.833. The van der Waals surface area contributed by atoms with Crippen molar-refractivity contribution in [1.82, 2.24) is 4.90 Å². The molecule has 1 aliphatic rings. The number of hydrogen-bond acceptors (Lipinski definition) is 8. The van der Waals surface area contributed by atoms with Gasteiger partial charge in [0.2, 0.25) is 5.91 Å². The van der Waals surface area contributed by atoms with Gasteiger partial charge in [0.05, 0.1) is 31.0 Å². The number of ether oxygens (including phenoxy) is 3. The number of methoxy groups -OCH3 is 1. The first-order chi connectivity index (χ1) is 16.2. The summed E-state index contributed by atoms with van der Waals surface area (Å²) in [6.45, 7) is 4.48. The number of carboxylic acids is 1. The van der Waals surface area contributed by atoms with Crippen LogP contribution in [0.15, 0.2) is 0 Å². The molecule has 2 N–H and O–H groups in total. The molecular formula is C24H41NO9. The molecule has 0 saturated carbocycles. The van der Waals surface area contributed by atoms with Gasteiger partial charge in [-0.3, -0.25) is 19.2 Å². The molecule has 1 amide bonds. The van der Waals surface area contributed by atoms with E-state index in [-0.39, 0.29) is 51.1 Å². The molecule has 4 unspecified atom stereocenters. The summed E-state index contributed by atoms with van der Waals surface area (Å²) < 4.78 is 15.6. The molecule has 10 nitrogen and oxygen atoms in total. The molecule has 0 radical (unpaired) electrons. The van der Waals surface area contributed by atoms with E-state index in [1.54, 1.807) is 4.90 Å². The fourth-order valence-corrected chi connectivity index (χ4v) is 4.16. The molecule has 0 aromatic heterocycles. The zero-order valence-corrected chi connectivity index (χ0v) is 20.7. The maximum Gasteiger partial charge on any atom is 0.309 e. The van der Waals surface area contributed by atoms with Gasteiger partial charge in [0.25, 0.3) is 0 Å². The van der Waals surface area contributed by atoms with Crippen LogP contribution in [-0.4, -0.2) is 85.1 Å². The van der Waals surface area contributed by atoms with Crippen LogP contribution in [0.1, 0.15) is 65.2 Å². The number of unbranched alkanes of at least 4 members (excludes halogenated alkanes) is 1. The Balaban J connectivity index is 3.02. The Kier molecular flexibility index (Phi) is 14.4. The molecule has 1 rings (SSSR count). The lowest BCUT2D eigenvalue weighted by Gasteiger charge is -2.33. The molecule has 0 bridgehead atoms. The summed E-state index contributed by atoms with van der Waals surface area (Å²) in [5.41, 5.74) is 0. The second-order valence-electron chi connectivity index (χ2n) is 8.85. The molecule has 1 aliphatic heterocycles. The molecule has 0 aliphatic carbocycles. The topological polar surface area (TPSA) is 140 Å². The molecule has 34 heavy (non-hydrogen) atoms. The van der Waals surface area contributed by atoms with Crippen LogP contribution in [0.25, 0.3) is 0 Å². The minimum absolute atomic E-state index is 0.00490. The average Bonchev–Trinajstić information content (AvgIpc) is 3.24. The molecular weight excluding hydrogens is 446 g/mol. The minimum Gasteiger partial charge on any atom is -0.481 e. The normalized spacial score (nSPS) is 17.2. The van der Waals surface area contributed by atoms with Crippen LogP contribution in [-0.2, 0) is 33.4 Å². The first-order valence-corrected chi connectivity index (χ1v) is 12.2. The first-order valence-electron chi connectivity index (χ1n) is 12.2. The number of aliphatic hydroxyl groups is 1. The number of aliphatic carboxylic acids is 1. The number of nitrogens with zero attached hydrogens (tertiary/aromatic N) is 1. The summed E-state index contributed by atoms with van der Waals surface area (Å²) in [5, 5.41) is 18.3. The van der Waals surface area contributed by atoms with E-state index in [2.05, 4.69) is 0 Å². The summed E-state index contributed by atoms with van der Waals surface area (Å²) in [6.07, 6.45) is 3.22. The van der Waals surface area contributed by atoms with Crippen molar-refractivity contribution in [3.63, 3.8) is 0 Å². The summed E-state index contributed by atoms with van der Waals surface area (Å²) in [5.74, 6) is -3.91. The van der Waals surface area contributed by atoms with Crippen LogP contribution < -0.4 is 0 Å². The summed E-state index contributed by atoms with van der Waals surface area (Å²) in [6, 6.07) is -0.411. The third kappa shape index (κ3) is 10.4. The van der Waals surface area contributed by atoms with E-state index in [1.165, 1.54) is 14.0 Å². The van der Waals surface area contributed by atoms with E-state index < -0.39 is 35.7 Å². The maximum atomic E-state index is 12.9. The van der Waals surface area contributed by atoms with E-state index >= 15 is 0 Å². The van der Waals surface area contributed by atoms with Crippen molar-refractivity contribution in [2.75, 3.05) is 40.1 Å². The van der Waals surface area contributed by atoms with Gasteiger partial charge in [-0.05, 0) is 44.9 Å². The van der Waals surface area contributed by atoms with Gasteiger partial charge < -0.3 is 29.3 Å². The fourth-order valence-electron chi connectivity index (χ4n) is 4.16. The Hall–Kier alpha value is -2.20. The number of carbonyl (C=O) groups is 4. The molecule has 10 heteroatoms. The van der Waals surface area contributed by atoms with Crippen LogP contribution in [0, 0.1) is 17.8 Å². The van der Waals surface area contributed by atoms with Crippen molar-refractivity contribution in [2.45, 2.75) is 71.3 Å². The Labute approximate surface area is 201 Å². The first kappa shape index (κ1) is 29.8. The molecule has 0 aromatic carbocycles. The Bertz CT molecular complexity index is 654. The maximum absolute atomic E-state index is 12.9. The molecule has 0 aromatic rings. The summed E-state index contributed by atoms with van der Waals surface area (Å²) >= 11 is 0. The highest BCUT2D eigenvalue weighted by atomic mass is 16.6. The molecule has 1 heterocycles. The zero-order valence-electron chi connectivity index (χ0n) is 20.7. The van der Waals surface area contributed by atoms with Gasteiger partial charge in [-0.15, -0.1) is 0 Å². The molecule has 1 fully saturated rings. The van der Waals surface area contributed by atoms with E-state index in [0.29, 0.717) is 45.1 Å². The predicted molar refractivity (Wildman–Crippen MR) is 123 cm³/mol. The smallest absolute Gasteiger partial charge is 0.309 e. The van der Waals surface area contributed by atoms with Crippen molar-refractivity contribution >= 4 is 23.8 Å². The SMILES string of the molecule is CCC(CC(CC(CC(C)C(=O)O)C(=O)OCCCCO)N1CCCC1=O)C(=O)OCCOC. The van der Waals surface area contributed by atoms with Crippen LogP contribution in [0.5, 0.6) is 0 Å². The second-order valence-corrected chi connectivity index (χ2v) is 8.85. The van der Waals surface area contributed by atoms with E-state index in [0.717, 1.165) is 0 Å². The monoisotopic (exact) mass is 487 g/mol. The summed E-state index contributed by atoms with van der Waals surface area (Å²) in [4.78, 5) is 51.2. The Morgan fingerprint density at radius 3 is 2.21 bits per heavy atom. The number of carboxylic acid groups (broad SMARTS) is 1. The van der Waals surface area contributed by atoms with Crippen molar-refractivity contribution < 1.29 is 43.6 Å². The van der Waals surface area contributed by atoms with E-state index in [9.17, 15) is 24.3 Å². The van der Waals surface area contributed by atoms with Crippen LogP contribution >= 0.6 is 0 Å². The van der Waals surface area contributed by atoms with Crippen LogP contribution in [0.2, 0.25) is 0 Å². The second kappa shape index (κ2) is 16.4. The van der Waals surface area contributed by atoms with Gasteiger partial charge in [0, 0.05) is 32.7 Å². The van der Waals surface area contributed by atoms with Gasteiger partial charge in [0.15, 0.2) is 0 Å². The van der Waals surface area contributed by atoms with Crippen molar-refractivity contribution in [3.8, 4) is 0 Å². The van der Waals surface area contributed by atoms with Gasteiger partial charge in [-0.25, -0.2) is 0 Å². The lowest BCUT2D eigenvalue weighted by Crippen LogP contribution is -2.41. The molecule has 1 saturated heterocycles. The molecule has 4 atom stereocenters. The van der Waals surface area contributed by atoms with Crippen molar-refractivity contribution in [1.29, 1.82) is 0 Å². The average molecular weight is 488 g/mol. The van der Waals surface area contributed by atoms with E-state index in [4.69, 9.17) is 19.3 Å². The number of likely N-dealkylation sites (tertiary alicyclic amines) is 1. The summed E-state index contributed by atoms with van der Waals surface area (Å²) in [7, 11) is 1.52. The number of rotatable bonds is 18. The highest BCUT2D eigenvalue weighted by molar-refractivity contribution is 5.79. The predicted octanol–water partition coefficient (Wildman–Crippen LogP) is 2.02. The highest BCUT2D eigenvalue weighted by Crippen LogP contribution is 2.29. The van der Waals surface area contributed by atoms with Crippen LogP contribution in [0.4, 0.5) is 0 Å². The van der Waals surface area contributed by atoms with Gasteiger partial charge in [-0.2, -0.15) is 0 Å². The van der Waals surface area contributed by atoms with Gasteiger partial charge >= 0.3 is 17.9 Å². The quantitative estimate of drug-likeness (QED) is 0.219. The lowest BCUT2D eigenvalue weighted by atomic mass is 9.85. The van der Waals surface area contributed by atoms with Gasteiger partial charge in [0.1, 0.15) is 6.61 Å². The third-order valence-electron chi connectivity index (χ3n) is 6.21. The largest absolute Gasteiger partial charge is 0.481 e. The minimum atomic E-state index is -1.01. The number of carbonyl (C=O) groups excluding carboxylic acids is 3. The Morgan fingerprint density at radius 2 is 1.65 bits per heavy atom. The van der Waals surface area contributed by atoms with Crippen molar-refractivity contribution in [3.05, 3.63) is 0 Å². The zero-order chi connectivity index (χ0) is 25.5. The molecule has 196 valence electrons. The van der Waals surface area contributed by atoms with Gasteiger partial charge in [-0.1, -0.05) is 13.8 Å². The Morgan fingerprint density at radius 1 is 1.00 bits per heavy atom. The van der Waals surface area contributed by atoms with E-state index in [1.807, 2.05) is 6.92 Å². The molecule has 0 spiro atoms.